The fraction of sp³-hybridized carbons (Fsp3) is 0.850. The number of unbranched alkanes of at least 4 members (excludes halogenated alkanes) is 2. The van der Waals surface area contributed by atoms with Crippen molar-refractivity contribution in [1.82, 2.24) is 15.5 Å². The number of thioether (sulfide) groups is 1. The van der Waals surface area contributed by atoms with E-state index in [2.05, 4.69) is 10.6 Å². The SMILES string of the molecule is CNC(=O)[C@@H]1[C@H]2C(=O)N(CCCCCO)C(C(=O)NC(C)(C)C)C23CC[C@H]1S3. The van der Waals surface area contributed by atoms with Crippen LogP contribution < -0.4 is 10.6 Å². The Morgan fingerprint density at radius 3 is 2.57 bits per heavy atom. The van der Waals surface area contributed by atoms with E-state index < -0.39 is 16.7 Å². The number of aliphatic hydroxyl groups excluding tert-OH is 1. The van der Waals surface area contributed by atoms with Gasteiger partial charge in [0.1, 0.15) is 6.04 Å². The molecule has 28 heavy (non-hydrogen) atoms. The Morgan fingerprint density at radius 2 is 1.96 bits per heavy atom. The van der Waals surface area contributed by atoms with E-state index in [0.29, 0.717) is 13.0 Å². The maximum atomic E-state index is 13.4. The Hall–Kier alpha value is -1.28. The molecule has 2 unspecified atom stereocenters. The third-order valence-corrected chi connectivity index (χ3v) is 8.10. The number of amides is 3. The zero-order chi connectivity index (χ0) is 20.7. The van der Waals surface area contributed by atoms with Crippen molar-refractivity contribution in [1.29, 1.82) is 0 Å². The van der Waals surface area contributed by atoms with Crippen LogP contribution in [0.15, 0.2) is 0 Å². The Kier molecular flexibility index (Phi) is 6.01. The van der Waals surface area contributed by atoms with Gasteiger partial charge in [0.05, 0.1) is 16.6 Å². The van der Waals surface area contributed by atoms with Crippen molar-refractivity contribution < 1.29 is 19.5 Å². The van der Waals surface area contributed by atoms with Crippen molar-refractivity contribution in [3.8, 4) is 0 Å². The molecular formula is C20H33N3O4S. The van der Waals surface area contributed by atoms with Crippen LogP contribution in [0.4, 0.5) is 0 Å². The molecule has 0 aromatic carbocycles. The largest absolute Gasteiger partial charge is 0.396 e. The fourth-order valence-electron chi connectivity index (χ4n) is 5.17. The lowest BCUT2D eigenvalue weighted by Gasteiger charge is -2.36. The molecule has 1 spiro atoms. The highest BCUT2D eigenvalue weighted by atomic mass is 32.2. The zero-order valence-electron chi connectivity index (χ0n) is 17.3. The first-order valence-electron chi connectivity index (χ1n) is 10.3. The molecule has 3 aliphatic heterocycles. The summed E-state index contributed by atoms with van der Waals surface area (Å²) in [5, 5.41) is 14.9. The van der Waals surface area contributed by atoms with Crippen LogP contribution >= 0.6 is 11.8 Å². The molecular weight excluding hydrogens is 378 g/mol. The molecule has 0 aliphatic carbocycles. The monoisotopic (exact) mass is 411 g/mol. The lowest BCUT2D eigenvalue weighted by Crippen LogP contribution is -2.57. The quantitative estimate of drug-likeness (QED) is 0.541. The minimum atomic E-state index is -0.539. The lowest BCUT2D eigenvalue weighted by molar-refractivity contribution is -0.140. The summed E-state index contributed by atoms with van der Waals surface area (Å²) in [6.07, 6.45) is 3.90. The van der Waals surface area contributed by atoms with Crippen LogP contribution in [-0.2, 0) is 14.4 Å². The topological polar surface area (TPSA) is 98.7 Å². The minimum Gasteiger partial charge on any atom is -0.396 e. The van der Waals surface area contributed by atoms with E-state index >= 15 is 0 Å². The summed E-state index contributed by atoms with van der Waals surface area (Å²) in [6.45, 7) is 6.44. The van der Waals surface area contributed by atoms with Crippen LogP contribution in [0.2, 0.25) is 0 Å². The molecule has 3 fully saturated rings. The Bertz CT molecular complexity index is 650. The average Bonchev–Trinajstić information content (AvgIpc) is 3.24. The second-order valence-corrected chi connectivity index (χ2v) is 10.8. The summed E-state index contributed by atoms with van der Waals surface area (Å²) >= 11 is 1.69. The number of carbonyl (C=O) groups excluding carboxylic acids is 3. The molecule has 0 saturated carbocycles. The van der Waals surface area contributed by atoms with Crippen molar-refractivity contribution in [3.05, 3.63) is 0 Å². The van der Waals surface area contributed by atoms with Gasteiger partial charge in [0.25, 0.3) is 0 Å². The predicted octanol–water partition coefficient (Wildman–Crippen LogP) is 0.901. The summed E-state index contributed by atoms with van der Waals surface area (Å²) in [7, 11) is 1.61. The van der Waals surface area contributed by atoms with Gasteiger partial charge in [-0.25, -0.2) is 0 Å². The summed E-state index contributed by atoms with van der Waals surface area (Å²) in [6, 6.07) is -0.539. The number of aliphatic hydroxyl groups is 1. The third kappa shape index (κ3) is 3.54. The number of nitrogens with zero attached hydrogens (tertiary/aromatic N) is 1. The van der Waals surface area contributed by atoms with Crippen molar-refractivity contribution in [2.75, 3.05) is 20.2 Å². The van der Waals surface area contributed by atoms with E-state index in [1.54, 1.807) is 23.7 Å². The molecule has 3 saturated heterocycles. The highest BCUT2D eigenvalue weighted by molar-refractivity contribution is 8.02. The van der Waals surface area contributed by atoms with Crippen LogP contribution in [-0.4, -0.2) is 69.5 Å². The number of likely N-dealkylation sites (tertiary alicyclic amines) is 1. The molecule has 0 radical (unpaired) electrons. The van der Waals surface area contributed by atoms with Gasteiger partial charge in [-0.05, 0) is 52.9 Å². The number of carbonyl (C=O) groups is 3. The van der Waals surface area contributed by atoms with Crippen molar-refractivity contribution in [2.24, 2.45) is 11.8 Å². The van der Waals surface area contributed by atoms with Crippen molar-refractivity contribution in [3.63, 3.8) is 0 Å². The average molecular weight is 412 g/mol. The van der Waals surface area contributed by atoms with E-state index in [1.165, 1.54) is 0 Å². The second kappa shape index (κ2) is 7.86. The van der Waals surface area contributed by atoms with E-state index in [4.69, 9.17) is 5.11 Å². The minimum absolute atomic E-state index is 0.0543. The van der Waals surface area contributed by atoms with Crippen molar-refractivity contribution >= 4 is 29.5 Å². The summed E-state index contributed by atoms with van der Waals surface area (Å²) in [4.78, 5) is 41.1. The van der Waals surface area contributed by atoms with Gasteiger partial charge in [-0.1, -0.05) is 0 Å². The number of hydrogen-bond acceptors (Lipinski definition) is 5. The van der Waals surface area contributed by atoms with E-state index in [9.17, 15) is 14.4 Å². The molecule has 0 aromatic heterocycles. The molecule has 5 atom stereocenters. The highest BCUT2D eigenvalue weighted by Gasteiger charge is 2.73. The summed E-state index contributed by atoms with van der Waals surface area (Å²) < 4.78 is -0.509. The van der Waals surface area contributed by atoms with Gasteiger partial charge in [-0.15, -0.1) is 11.8 Å². The first-order chi connectivity index (χ1) is 13.2. The van der Waals surface area contributed by atoms with Gasteiger partial charge < -0.3 is 20.6 Å². The molecule has 3 aliphatic rings. The van der Waals surface area contributed by atoms with Gasteiger partial charge >= 0.3 is 0 Å². The number of fused-ring (bicyclic) bond motifs is 1. The first kappa shape index (κ1) is 21.4. The van der Waals surface area contributed by atoms with Gasteiger partial charge in [0, 0.05) is 31.0 Å². The molecule has 3 rings (SSSR count). The molecule has 3 heterocycles. The van der Waals surface area contributed by atoms with E-state index in [1.807, 2.05) is 20.8 Å². The molecule has 3 N–H and O–H groups in total. The molecule has 158 valence electrons. The van der Waals surface area contributed by atoms with Crippen LogP contribution in [0.5, 0.6) is 0 Å². The predicted molar refractivity (Wildman–Crippen MR) is 109 cm³/mol. The highest BCUT2D eigenvalue weighted by Crippen LogP contribution is 2.66. The standard InChI is InChI=1S/C20H33N3O4S/c1-19(2,3)22-17(26)15-20-9-8-12(28-20)13(16(25)21-4)14(20)18(27)23(15)10-6-5-7-11-24/h12-15,24H,5-11H2,1-4H3,(H,21,25)(H,22,26)/t12-,13+,14+,15?,20?/m1/s1. The maximum absolute atomic E-state index is 13.4. The molecule has 3 amide bonds. The van der Waals surface area contributed by atoms with Gasteiger partial charge in [-0.2, -0.15) is 0 Å². The van der Waals surface area contributed by atoms with Crippen LogP contribution in [0.1, 0.15) is 52.9 Å². The normalized spacial score (nSPS) is 33.9. The molecule has 0 aromatic rings. The zero-order valence-corrected chi connectivity index (χ0v) is 18.1. The van der Waals surface area contributed by atoms with Gasteiger partial charge in [0.15, 0.2) is 0 Å². The van der Waals surface area contributed by atoms with E-state index in [0.717, 1.165) is 25.7 Å². The first-order valence-corrected chi connectivity index (χ1v) is 11.2. The summed E-state index contributed by atoms with van der Waals surface area (Å²) in [5.41, 5.74) is -0.390. The van der Waals surface area contributed by atoms with Gasteiger partial charge in [-0.3, -0.25) is 14.4 Å². The van der Waals surface area contributed by atoms with E-state index in [-0.39, 0.29) is 41.0 Å². The molecule has 7 nitrogen and oxygen atoms in total. The second-order valence-electron chi connectivity index (χ2n) is 9.23. The third-order valence-electron chi connectivity index (χ3n) is 6.15. The number of hydrogen-bond donors (Lipinski definition) is 3. The lowest BCUT2D eigenvalue weighted by atomic mass is 9.70. The number of rotatable bonds is 7. The smallest absolute Gasteiger partial charge is 0.244 e. The van der Waals surface area contributed by atoms with Crippen LogP contribution in [0.3, 0.4) is 0 Å². The molecule has 8 heteroatoms. The van der Waals surface area contributed by atoms with Crippen LogP contribution in [0, 0.1) is 11.8 Å². The van der Waals surface area contributed by atoms with Gasteiger partial charge in [0.2, 0.25) is 17.7 Å². The van der Waals surface area contributed by atoms with Crippen LogP contribution in [0.25, 0.3) is 0 Å². The van der Waals surface area contributed by atoms with Crippen molar-refractivity contribution in [2.45, 2.75) is 74.5 Å². The maximum Gasteiger partial charge on any atom is 0.244 e. The Labute approximate surface area is 171 Å². The Balaban J connectivity index is 1.92. The number of nitrogens with one attached hydrogen (secondary N) is 2. The molecule has 2 bridgehead atoms. The summed E-state index contributed by atoms with van der Waals surface area (Å²) in [5.74, 6) is -1.04. The Morgan fingerprint density at radius 1 is 1.25 bits per heavy atom. The fourth-order valence-corrected chi connectivity index (χ4v) is 7.39.